The van der Waals surface area contributed by atoms with Crippen molar-refractivity contribution in [1.82, 2.24) is 5.32 Å². The van der Waals surface area contributed by atoms with Crippen molar-refractivity contribution in [2.45, 2.75) is 32.6 Å². The Bertz CT molecular complexity index is 180. The van der Waals surface area contributed by atoms with Gasteiger partial charge in [0.2, 0.25) is 5.91 Å². The van der Waals surface area contributed by atoms with E-state index >= 15 is 0 Å². The lowest BCUT2D eigenvalue weighted by atomic mass is 10.1. The van der Waals surface area contributed by atoms with Crippen LogP contribution in [0.2, 0.25) is 0 Å². The summed E-state index contributed by atoms with van der Waals surface area (Å²) in [4.78, 5) is 11.2. The van der Waals surface area contributed by atoms with Gasteiger partial charge in [0, 0.05) is 12.5 Å². The standard InChI is InChI=1S/C9H15NO/c1-9(4-5-9)6-10-8(11)7-2-3-7/h7H,2-6H2,1H3,(H,10,11). The van der Waals surface area contributed by atoms with Gasteiger partial charge < -0.3 is 5.32 Å². The Morgan fingerprint density at radius 1 is 1.55 bits per heavy atom. The maximum Gasteiger partial charge on any atom is 0.223 e. The number of amides is 1. The summed E-state index contributed by atoms with van der Waals surface area (Å²) in [6.07, 6.45) is 4.81. The van der Waals surface area contributed by atoms with E-state index in [-0.39, 0.29) is 5.91 Å². The van der Waals surface area contributed by atoms with Crippen molar-refractivity contribution < 1.29 is 4.79 Å². The molecule has 2 rings (SSSR count). The molecule has 2 nitrogen and oxygen atoms in total. The molecule has 0 radical (unpaired) electrons. The average Bonchev–Trinajstić information content (AvgIpc) is 2.76. The van der Waals surface area contributed by atoms with Gasteiger partial charge in [-0.15, -0.1) is 0 Å². The smallest absolute Gasteiger partial charge is 0.223 e. The minimum absolute atomic E-state index is 0.290. The summed E-state index contributed by atoms with van der Waals surface area (Å²) < 4.78 is 0. The molecule has 1 amide bonds. The van der Waals surface area contributed by atoms with E-state index in [0.29, 0.717) is 11.3 Å². The quantitative estimate of drug-likeness (QED) is 0.650. The van der Waals surface area contributed by atoms with Gasteiger partial charge in [0.1, 0.15) is 0 Å². The molecule has 0 saturated heterocycles. The second kappa shape index (κ2) is 2.23. The van der Waals surface area contributed by atoms with Crippen LogP contribution >= 0.6 is 0 Å². The first kappa shape index (κ1) is 7.14. The largest absolute Gasteiger partial charge is 0.355 e. The van der Waals surface area contributed by atoms with Gasteiger partial charge in [0.25, 0.3) is 0 Å². The van der Waals surface area contributed by atoms with Gasteiger partial charge >= 0.3 is 0 Å². The zero-order valence-corrected chi connectivity index (χ0v) is 7.02. The number of hydrogen-bond acceptors (Lipinski definition) is 1. The molecule has 2 fully saturated rings. The molecule has 0 bridgehead atoms. The Balaban J connectivity index is 1.69. The van der Waals surface area contributed by atoms with E-state index in [1.54, 1.807) is 0 Å². The lowest BCUT2D eigenvalue weighted by Crippen LogP contribution is -2.30. The SMILES string of the molecule is CC1(CNC(=O)C2CC2)CC1. The molecule has 1 N–H and O–H groups in total. The highest BCUT2D eigenvalue weighted by Gasteiger charge is 2.38. The molecule has 0 aromatic heterocycles. The van der Waals surface area contributed by atoms with Crippen molar-refractivity contribution in [2.75, 3.05) is 6.54 Å². The third-order valence-electron chi connectivity index (χ3n) is 2.74. The van der Waals surface area contributed by atoms with Crippen LogP contribution in [-0.2, 0) is 4.79 Å². The fourth-order valence-corrected chi connectivity index (χ4v) is 1.18. The summed E-state index contributed by atoms with van der Waals surface area (Å²) >= 11 is 0. The Hall–Kier alpha value is -0.530. The van der Waals surface area contributed by atoms with Crippen LogP contribution in [0.15, 0.2) is 0 Å². The Kier molecular flexibility index (Phi) is 1.44. The molecule has 0 spiro atoms. The van der Waals surface area contributed by atoms with Gasteiger partial charge in [-0.2, -0.15) is 0 Å². The summed E-state index contributed by atoms with van der Waals surface area (Å²) in [5.74, 6) is 0.662. The van der Waals surface area contributed by atoms with E-state index in [9.17, 15) is 4.79 Å². The van der Waals surface area contributed by atoms with E-state index in [1.165, 1.54) is 12.8 Å². The van der Waals surface area contributed by atoms with Crippen molar-refractivity contribution in [3.8, 4) is 0 Å². The second-order valence-corrected chi connectivity index (χ2v) is 4.30. The molecule has 2 aliphatic rings. The van der Waals surface area contributed by atoms with Crippen molar-refractivity contribution in [1.29, 1.82) is 0 Å². The first-order chi connectivity index (χ1) is 5.20. The minimum atomic E-state index is 0.290. The first-order valence-corrected chi connectivity index (χ1v) is 4.47. The monoisotopic (exact) mass is 153 g/mol. The molecule has 0 aromatic rings. The molecular weight excluding hydrogens is 138 g/mol. The van der Waals surface area contributed by atoms with Crippen molar-refractivity contribution >= 4 is 5.91 Å². The van der Waals surface area contributed by atoms with Gasteiger partial charge in [-0.1, -0.05) is 6.92 Å². The van der Waals surface area contributed by atoms with E-state index in [0.717, 1.165) is 19.4 Å². The Morgan fingerprint density at radius 3 is 2.64 bits per heavy atom. The predicted molar refractivity (Wildman–Crippen MR) is 43.1 cm³/mol. The van der Waals surface area contributed by atoms with Crippen LogP contribution in [0.1, 0.15) is 32.6 Å². The molecule has 0 unspecified atom stereocenters. The van der Waals surface area contributed by atoms with Crippen molar-refractivity contribution in [3.05, 3.63) is 0 Å². The molecule has 0 aliphatic heterocycles. The molecule has 62 valence electrons. The summed E-state index contributed by atoms with van der Waals surface area (Å²) in [5, 5.41) is 3.01. The number of hydrogen-bond donors (Lipinski definition) is 1. The van der Waals surface area contributed by atoms with Gasteiger partial charge in [0.15, 0.2) is 0 Å². The molecule has 2 saturated carbocycles. The second-order valence-electron chi connectivity index (χ2n) is 4.30. The molecular formula is C9H15NO. The van der Waals surface area contributed by atoms with Crippen LogP contribution in [0.5, 0.6) is 0 Å². The molecule has 0 heterocycles. The number of carbonyl (C=O) groups excluding carboxylic acids is 1. The number of carbonyl (C=O) groups is 1. The van der Waals surface area contributed by atoms with Gasteiger partial charge in [0.05, 0.1) is 0 Å². The highest BCUT2D eigenvalue weighted by atomic mass is 16.2. The normalized spacial score (nSPS) is 26.3. The van der Waals surface area contributed by atoms with Crippen LogP contribution in [0, 0.1) is 11.3 Å². The summed E-state index contributed by atoms with van der Waals surface area (Å²) in [6, 6.07) is 0. The molecule has 11 heavy (non-hydrogen) atoms. The van der Waals surface area contributed by atoms with Gasteiger partial charge in [-0.05, 0) is 31.1 Å². The zero-order chi connectivity index (χ0) is 7.90. The van der Waals surface area contributed by atoms with E-state index in [2.05, 4.69) is 12.2 Å². The fourth-order valence-electron chi connectivity index (χ4n) is 1.18. The Morgan fingerprint density at radius 2 is 2.18 bits per heavy atom. The fraction of sp³-hybridized carbons (Fsp3) is 0.889. The van der Waals surface area contributed by atoms with E-state index in [1.807, 2.05) is 0 Å². The van der Waals surface area contributed by atoms with Crippen molar-refractivity contribution in [2.24, 2.45) is 11.3 Å². The lowest BCUT2D eigenvalue weighted by molar-refractivity contribution is -0.122. The van der Waals surface area contributed by atoms with Crippen LogP contribution in [0.3, 0.4) is 0 Å². The van der Waals surface area contributed by atoms with Gasteiger partial charge in [-0.3, -0.25) is 4.79 Å². The highest BCUT2D eigenvalue weighted by molar-refractivity contribution is 5.80. The van der Waals surface area contributed by atoms with Gasteiger partial charge in [-0.25, -0.2) is 0 Å². The lowest BCUT2D eigenvalue weighted by Gasteiger charge is -2.08. The molecule has 0 atom stereocenters. The maximum absolute atomic E-state index is 11.2. The third kappa shape index (κ3) is 1.73. The number of rotatable bonds is 3. The average molecular weight is 153 g/mol. The molecule has 2 heteroatoms. The molecule has 2 aliphatic carbocycles. The number of nitrogens with one attached hydrogen (secondary N) is 1. The van der Waals surface area contributed by atoms with E-state index < -0.39 is 0 Å². The predicted octanol–water partition coefficient (Wildman–Crippen LogP) is 1.31. The van der Waals surface area contributed by atoms with Crippen LogP contribution in [0.25, 0.3) is 0 Å². The first-order valence-electron chi connectivity index (χ1n) is 4.47. The Labute approximate surface area is 67.4 Å². The zero-order valence-electron chi connectivity index (χ0n) is 7.02. The summed E-state index contributed by atoms with van der Waals surface area (Å²) in [5.41, 5.74) is 0.463. The van der Waals surface area contributed by atoms with Crippen LogP contribution in [0.4, 0.5) is 0 Å². The van der Waals surface area contributed by atoms with Crippen LogP contribution < -0.4 is 5.32 Å². The third-order valence-corrected chi connectivity index (χ3v) is 2.74. The topological polar surface area (TPSA) is 29.1 Å². The van der Waals surface area contributed by atoms with Crippen LogP contribution in [-0.4, -0.2) is 12.5 Å². The van der Waals surface area contributed by atoms with Crippen molar-refractivity contribution in [3.63, 3.8) is 0 Å². The maximum atomic E-state index is 11.2. The highest BCUT2D eigenvalue weighted by Crippen LogP contribution is 2.44. The van der Waals surface area contributed by atoms with E-state index in [4.69, 9.17) is 0 Å². The minimum Gasteiger partial charge on any atom is -0.355 e. The molecule has 0 aromatic carbocycles. The summed E-state index contributed by atoms with van der Waals surface area (Å²) in [6.45, 7) is 3.14. The summed E-state index contributed by atoms with van der Waals surface area (Å²) in [7, 11) is 0.